The van der Waals surface area contributed by atoms with E-state index in [4.69, 9.17) is 0 Å². The van der Waals surface area contributed by atoms with E-state index in [-0.39, 0.29) is 18.4 Å². The van der Waals surface area contributed by atoms with E-state index in [2.05, 4.69) is 15.4 Å². The van der Waals surface area contributed by atoms with Crippen molar-refractivity contribution in [1.29, 1.82) is 0 Å². The van der Waals surface area contributed by atoms with E-state index in [9.17, 15) is 31.9 Å². The second-order valence-corrected chi connectivity index (χ2v) is 7.07. The molecule has 2 amide bonds. The number of benzene rings is 2. The number of nitrogens with one attached hydrogen (secondary N) is 2. The minimum Gasteiger partial charge on any atom is -0.467 e. The molecular weight excluding hydrogens is 432 g/mol. The number of esters is 1. The van der Waals surface area contributed by atoms with Crippen LogP contribution in [0.1, 0.15) is 23.6 Å². The van der Waals surface area contributed by atoms with Crippen LogP contribution >= 0.6 is 0 Å². The fraction of sp³-hybridized carbons (Fsp3) is 0.318. The molecule has 10 heteroatoms. The van der Waals surface area contributed by atoms with Crippen molar-refractivity contribution in [3.8, 4) is 0 Å². The molecule has 0 aliphatic rings. The number of carbonyl (C=O) groups is 3. The molecule has 2 rings (SSSR count). The summed E-state index contributed by atoms with van der Waals surface area (Å²) in [5, 5.41) is 4.84. The second kappa shape index (κ2) is 10.7. The second-order valence-electron chi connectivity index (χ2n) is 7.07. The maximum atomic E-state index is 13.5. The first-order valence-electron chi connectivity index (χ1n) is 9.55. The van der Waals surface area contributed by atoms with Gasteiger partial charge in [0.2, 0.25) is 11.8 Å². The predicted molar refractivity (Wildman–Crippen MR) is 107 cm³/mol. The van der Waals surface area contributed by atoms with E-state index in [1.807, 2.05) is 0 Å². The molecule has 0 aliphatic carbocycles. The van der Waals surface area contributed by atoms with E-state index in [1.165, 1.54) is 37.3 Å². The Balaban J connectivity index is 2.22. The molecule has 0 aliphatic heterocycles. The zero-order valence-electron chi connectivity index (χ0n) is 17.3. The molecule has 0 saturated carbocycles. The van der Waals surface area contributed by atoms with Gasteiger partial charge in [-0.3, -0.25) is 9.59 Å². The van der Waals surface area contributed by atoms with Gasteiger partial charge in [-0.2, -0.15) is 13.2 Å². The molecule has 0 radical (unpaired) electrons. The highest BCUT2D eigenvalue weighted by Gasteiger charge is 2.31. The molecule has 6 nitrogen and oxygen atoms in total. The minimum atomic E-state index is -4.57. The largest absolute Gasteiger partial charge is 0.467 e. The predicted octanol–water partition coefficient (Wildman–Crippen LogP) is 2.79. The van der Waals surface area contributed by atoms with Gasteiger partial charge in [0, 0.05) is 19.8 Å². The van der Waals surface area contributed by atoms with E-state index >= 15 is 0 Å². The Kier molecular flexibility index (Phi) is 8.34. The van der Waals surface area contributed by atoms with Crippen LogP contribution in [-0.2, 0) is 38.1 Å². The number of methoxy groups -OCH3 is 1. The molecule has 0 fully saturated rings. The summed E-state index contributed by atoms with van der Waals surface area (Å²) in [6.45, 7) is 1.19. The van der Waals surface area contributed by atoms with Crippen LogP contribution in [0.2, 0.25) is 0 Å². The van der Waals surface area contributed by atoms with Crippen LogP contribution in [0.3, 0.4) is 0 Å². The van der Waals surface area contributed by atoms with Crippen molar-refractivity contribution in [3.63, 3.8) is 0 Å². The molecule has 0 bridgehead atoms. The highest BCUT2D eigenvalue weighted by molar-refractivity contribution is 5.90. The monoisotopic (exact) mass is 454 g/mol. The molecule has 2 atom stereocenters. The first-order valence-corrected chi connectivity index (χ1v) is 9.55. The Morgan fingerprint density at radius 3 is 2.09 bits per heavy atom. The molecule has 2 N–H and O–H groups in total. The Morgan fingerprint density at radius 2 is 1.53 bits per heavy atom. The smallest absolute Gasteiger partial charge is 0.416 e. The Hall–Kier alpha value is -3.43. The summed E-state index contributed by atoms with van der Waals surface area (Å²) in [5.41, 5.74) is -0.324. The topological polar surface area (TPSA) is 84.5 Å². The van der Waals surface area contributed by atoms with Crippen molar-refractivity contribution in [2.24, 2.45) is 0 Å². The Morgan fingerprint density at radius 1 is 0.938 bits per heavy atom. The third-order valence-corrected chi connectivity index (χ3v) is 4.52. The van der Waals surface area contributed by atoms with Gasteiger partial charge in [-0.05, 0) is 29.3 Å². The molecule has 32 heavy (non-hydrogen) atoms. The highest BCUT2D eigenvalue weighted by Crippen LogP contribution is 2.29. The van der Waals surface area contributed by atoms with Crippen LogP contribution in [0.5, 0.6) is 0 Å². The summed E-state index contributed by atoms with van der Waals surface area (Å²) < 4.78 is 57.1. The van der Waals surface area contributed by atoms with Crippen LogP contribution in [0.4, 0.5) is 17.6 Å². The van der Waals surface area contributed by atoms with Gasteiger partial charge in [0.1, 0.15) is 17.9 Å². The molecule has 0 spiro atoms. The molecular formula is C22H22F4N2O4. The normalized spacial score (nSPS) is 13.1. The molecule has 2 aromatic rings. The third kappa shape index (κ3) is 7.36. The lowest BCUT2D eigenvalue weighted by Crippen LogP contribution is -2.53. The van der Waals surface area contributed by atoms with Crippen molar-refractivity contribution < 1.29 is 36.7 Å². The Bertz CT molecular complexity index is 978. The fourth-order valence-electron chi connectivity index (χ4n) is 3.07. The van der Waals surface area contributed by atoms with Gasteiger partial charge >= 0.3 is 12.1 Å². The summed E-state index contributed by atoms with van der Waals surface area (Å²) in [4.78, 5) is 36.5. The van der Waals surface area contributed by atoms with Gasteiger partial charge in [-0.15, -0.1) is 0 Å². The van der Waals surface area contributed by atoms with Crippen LogP contribution in [0.15, 0.2) is 48.5 Å². The van der Waals surface area contributed by atoms with Crippen molar-refractivity contribution >= 4 is 17.8 Å². The lowest BCUT2D eigenvalue weighted by molar-refractivity contribution is -0.145. The molecule has 0 aromatic heterocycles. The number of hydrogen-bond acceptors (Lipinski definition) is 4. The van der Waals surface area contributed by atoms with Crippen molar-refractivity contribution in [1.82, 2.24) is 10.6 Å². The number of hydrogen-bond donors (Lipinski definition) is 2. The van der Waals surface area contributed by atoms with Crippen LogP contribution in [0, 0.1) is 5.82 Å². The molecule has 172 valence electrons. The third-order valence-electron chi connectivity index (χ3n) is 4.52. The zero-order valence-corrected chi connectivity index (χ0v) is 17.3. The van der Waals surface area contributed by atoms with Crippen molar-refractivity contribution in [3.05, 3.63) is 71.0 Å². The quantitative estimate of drug-likeness (QED) is 0.475. The average molecular weight is 454 g/mol. The lowest BCUT2D eigenvalue weighted by Gasteiger charge is -2.22. The van der Waals surface area contributed by atoms with Gasteiger partial charge in [-0.1, -0.05) is 30.3 Å². The van der Waals surface area contributed by atoms with Gasteiger partial charge in [0.15, 0.2) is 0 Å². The van der Waals surface area contributed by atoms with Crippen molar-refractivity contribution in [2.75, 3.05) is 7.11 Å². The zero-order chi connectivity index (χ0) is 23.9. The standard InChI is InChI=1S/C22H22F4N2O4/c1-13(29)27-18(11-15-6-4-8-17(23)10-15)20(30)28-19(21(31)32-2)12-14-5-3-7-16(9-14)22(24,25)26/h3-10,18-19H,11-12H2,1-2H3,(H,27,29)(H,28,30)/t18-,19+/m1/s1. The molecule has 2 aromatic carbocycles. The maximum absolute atomic E-state index is 13.5. The summed E-state index contributed by atoms with van der Waals surface area (Å²) in [7, 11) is 1.08. The minimum absolute atomic E-state index is 0.0688. The summed E-state index contributed by atoms with van der Waals surface area (Å²) in [6, 6.07) is 7.31. The molecule has 0 heterocycles. The lowest BCUT2D eigenvalue weighted by atomic mass is 10.0. The highest BCUT2D eigenvalue weighted by atomic mass is 19.4. The SMILES string of the molecule is COC(=O)[C@H](Cc1cccc(C(F)(F)F)c1)NC(=O)[C@@H](Cc1cccc(F)c1)NC(C)=O. The molecule has 0 saturated heterocycles. The van der Waals surface area contributed by atoms with Crippen LogP contribution in [-0.4, -0.2) is 37.0 Å². The van der Waals surface area contributed by atoms with E-state index in [0.29, 0.717) is 5.56 Å². The van der Waals surface area contributed by atoms with Gasteiger partial charge < -0.3 is 15.4 Å². The maximum Gasteiger partial charge on any atom is 0.416 e. The van der Waals surface area contributed by atoms with E-state index < -0.39 is 47.4 Å². The average Bonchev–Trinajstić information content (AvgIpc) is 2.71. The molecule has 0 unspecified atom stereocenters. The first kappa shape index (κ1) is 24.8. The van der Waals surface area contributed by atoms with Gasteiger partial charge in [-0.25, -0.2) is 9.18 Å². The number of carbonyl (C=O) groups excluding carboxylic acids is 3. The number of ether oxygens (including phenoxy) is 1. The van der Waals surface area contributed by atoms with Crippen LogP contribution in [0.25, 0.3) is 0 Å². The first-order chi connectivity index (χ1) is 15.0. The van der Waals surface area contributed by atoms with Crippen molar-refractivity contribution in [2.45, 2.75) is 38.0 Å². The fourth-order valence-corrected chi connectivity index (χ4v) is 3.07. The summed E-state index contributed by atoms with van der Waals surface area (Å²) in [6.07, 6.45) is -4.91. The summed E-state index contributed by atoms with van der Waals surface area (Å²) >= 11 is 0. The number of rotatable bonds is 8. The number of amides is 2. The summed E-state index contributed by atoms with van der Waals surface area (Å²) in [5.74, 6) is -2.70. The Labute approximate surface area is 181 Å². The van der Waals surface area contributed by atoms with E-state index in [0.717, 1.165) is 19.2 Å². The number of halogens is 4. The van der Waals surface area contributed by atoms with Gasteiger partial charge in [0.05, 0.1) is 12.7 Å². The van der Waals surface area contributed by atoms with E-state index in [1.54, 1.807) is 6.07 Å². The van der Waals surface area contributed by atoms with Crippen LogP contribution < -0.4 is 10.6 Å². The van der Waals surface area contributed by atoms with Gasteiger partial charge in [0.25, 0.3) is 0 Å². The number of alkyl halides is 3.